The number of ether oxygens (including phenoxy) is 1. The van der Waals surface area contributed by atoms with Gasteiger partial charge in [-0.3, -0.25) is 4.98 Å². The number of hydrazine groups is 1. The fraction of sp³-hybridized carbons (Fsp3) is 0.231. The van der Waals surface area contributed by atoms with Gasteiger partial charge in [0.05, 0.1) is 17.0 Å². The van der Waals surface area contributed by atoms with Crippen molar-refractivity contribution in [1.29, 1.82) is 0 Å². The van der Waals surface area contributed by atoms with Crippen LogP contribution < -0.4 is 10.3 Å². The average Bonchev–Trinajstić information content (AvgIpc) is 2.45. The normalized spacial score (nSPS) is 11.3. The highest BCUT2D eigenvalue weighted by molar-refractivity contribution is 7.89. The highest BCUT2D eigenvalue weighted by Crippen LogP contribution is 2.24. The molecule has 2 aromatic rings. The summed E-state index contributed by atoms with van der Waals surface area (Å²) in [6.07, 6.45) is 0.718. The maximum atomic E-state index is 12.4. The summed E-state index contributed by atoms with van der Waals surface area (Å²) in [7, 11) is -3.93. The lowest BCUT2D eigenvalue weighted by atomic mass is 10.1. The van der Waals surface area contributed by atoms with Crippen LogP contribution in [0.4, 0.5) is 4.79 Å². The fourth-order valence-electron chi connectivity index (χ4n) is 1.92. The molecule has 1 amide bonds. The molecule has 1 aromatic heterocycles. The minimum Gasteiger partial charge on any atom is -0.449 e. The summed E-state index contributed by atoms with van der Waals surface area (Å²) in [4.78, 5) is 17.4. The number of hydrogen-bond donors (Lipinski definition) is 2. The molecule has 1 heterocycles. The summed E-state index contributed by atoms with van der Waals surface area (Å²) >= 11 is 0. The van der Waals surface area contributed by atoms with E-state index in [4.69, 9.17) is 0 Å². The molecule has 21 heavy (non-hydrogen) atoms. The van der Waals surface area contributed by atoms with Crippen LogP contribution in [0.3, 0.4) is 0 Å². The zero-order valence-electron chi connectivity index (χ0n) is 11.6. The number of benzene rings is 1. The summed E-state index contributed by atoms with van der Waals surface area (Å²) in [5, 5.41) is 0.482. The van der Waals surface area contributed by atoms with E-state index in [1.807, 2.05) is 10.3 Å². The SMILES string of the molecule is CCOC(=O)NNS(=O)(=O)c1c(C)ccc2ncccc12. The smallest absolute Gasteiger partial charge is 0.422 e. The van der Waals surface area contributed by atoms with Crippen molar-refractivity contribution in [1.82, 2.24) is 15.2 Å². The van der Waals surface area contributed by atoms with Crippen LogP contribution in [0.5, 0.6) is 0 Å². The van der Waals surface area contributed by atoms with E-state index in [-0.39, 0.29) is 11.5 Å². The molecule has 0 fully saturated rings. The molecule has 7 nitrogen and oxygen atoms in total. The van der Waals surface area contributed by atoms with Gasteiger partial charge in [0.25, 0.3) is 10.0 Å². The van der Waals surface area contributed by atoms with Crippen molar-refractivity contribution in [3.05, 3.63) is 36.0 Å². The van der Waals surface area contributed by atoms with Crippen molar-refractivity contribution < 1.29 is 17.9 Å². The Morgan fingerprint density at radius 1 is 1.33 bits per heavy atom. The van der Waals surface area contributed by atoms with E-state index in [0.29, 0.717) is 16.5 Å². The van der Waals surface area contributed by atoms with Gasteiger partial charge >= 0.3 is 6.09 Å². The summed E-state index contributed by atoms with van der Waals surface area (Å²) < 4.78 is 29.3. The predicted octanol–water partition coefficient (Wildman–Crippen LogP) is 1.48. The van der Waals surface area contributed by atoms with Gasteiger partial charge in [-0.2, -0.15) is 0 Å². The minimum atomic E-state index is -3.93. The first-order chi connectivity index (χ1) is 9.95. The molecule has 8 heteroatoms. The highest BCUT2D eigenvalue weighted by Gasteiger charge is 2.21. The van der Waals surface area contributed by atoms with Crippen molar-refractivity contribution >= 4 is 27.0 Å². The Morgan fingerprint density at radius 3 is 2.81 bits per heavy atom. The van der Waals surface area contributed by atoms with Gasteiger partial charge in [0, 0.05) is 11.6 Å². The van der Waals surface area contributed by atoms with Gasteiger partial charge in [0.1, 0.15) is 0 Å². The first kappa shape index (κ1) is 15.2. The van der Waals surface area contributed by atoms with Crippen molar-refractivity contribution in [3.63, 3.8) is 0 Å². The maximum absolute atomic E-state index is 12.4. The molecule has 1 aromatic carbocycles. The van der Waals surface area contributed by atoms with Crippen molar-refractivity contribution in [2.24, 2.45) is 0 Å². The van der Waals surface area contributed by atoms with Crippen LogP contribution in [0, 0.1) is 6.92 Å². The molecule has 0 unspecified atom stereocenters. The second kappa shape index (κ2) is 6.06. The Morgan fingerprint density at radius 2 is 2.10 bits per heavy atom. The molecule has 0 aliphatic carbocycles. The second-order valence-corrected chi connectivity index (χ2v) is 5.85. The molecular formula is C13H15N3O4S. The van der Waals surface area contributed by atoms with Crippen LogP contribution in [-0.4, -0.2) is 26.1 Å². The van der Waals surface area contributed by atoms with E-state index in [2.05, 4.69) is 9.72 Å². The van der Waals surface area contributed by atoms with Gasteiger partial charge in [0.2, 0.25) is 0 Å². The molecule has 0 aliphatic heterocycles. The van der Waals surface area contributed by atoms with Gasteiger partial charge in [-0.05, 0) is 37.6 Å². The Kier molecular flexibility index (Phi) is 4.39. The summed E-state index contributed by atoms with van der Waals surface area (Å²) in [6.45, 7) is 3.44. The molecule has 112 valence electrons. The molecular weight excluding hydrogens is 294 g/mol. The molecule has 0 aliphatic rings. The number of nitrogens with one attached hydrogen (secondary N) is 2. The first-order valence-electron chi connectivity index (χ1n) is 6.24. The van der Waals surface area contributed by atoms with E-state index < -0.39 is 16.1 Å². The van der Waals surface area contributed by atoms with E-state index in [0.717, 1.165) is 0 Å². The summed E-state index contributed by atoms with van der Waals surface area (Å²) in [6, 6.07) is 6.71. The van der Waals surface area contributed by atoms with Gasteiger partial charge < -0.3 is 4.74 Å². The second-order valence-electron chi connectivity index (χ2n) is 4.23. The fourth-order valence-corrected chi connectivity index (χ4v) is 3.19. The van der Waals surface area contributed by atoms with Crippen molar-refractivity contribution in [2.45, 2.75) is 18.7 Å². The number of sulfonamides is 1. The molecule has 0 radical (unpaired) electrons. The Labute approximate surface area is 122 Å². The number of fused-ring (bicyclic) bond motifs is 1. The number of rotatable bonds is 4. The van der Waals surface area contributed by atoms with Crippen molar-refractivity contribution in [3.8, 4) is 0 Å². The molecule has 2 N–H and O–H groups in total. The van der Waals surface area contributed by atoms with Gasteiger partial charge in [0.15, 0.2) is 0 Å². The Balaban J connectivity index is 2.40. The largest absolute Gasteiger partial charge is 0.449 e. The summed E-state index contributed by atoms with van der Waals surface area (Å²) in [5.74, 6) is 0. The first-order valence-corrected chi connectivity index (χ1v) is 7.73. The van der Waals surface area contributed by atoms with E-state index >= 15 is 0 Å². The summed E-state index contributed by atoms with van der Waals surface area (Å²) in [5.41, 5.74) is 3.10. The van der Waals surface area contributed by atoms with Crippen LogP contribution in [0.15, 0.2) is 35.4 Å². The van der Waals surface area contributed by atoms with E-state index in [1.165, 1.54) is 0 Å². The van der Waals surface area contributed by atoms with Gasteiger partial charge in [-0.1, -0.05) is 6.07 Å². The van der Waals surface area contributed by atoms with Crippen LogP contribution in [0.2, 0.25) is 0 Å². The number of nitrogens with zero attached hydrogens (tertiary/aromatic N) is 1. The minimum absolute atomic E-state index is 0.0740. The third-order valence-electron chi connectivity index (χ3n) is 2.76. The van der Waals surface area contributed by atoms with Crippen LogP contribution in [0.25, 0.3) is 10.9 Å². The number of carbonyl (C=O) groups is 1. The Bertz CT molecular complexity index is 774. The molecule has 2 rings (SSSR count). The number of aryl methyl sites for hydroxylation is 1. The zero-order chi connectivity index (χ0) is 15.5. The topological polar surface area (TPSA) is 97.4 Å². The van der Waals surface area contributed by atoms with E-state index in [9.17, 15) is 13.2 Å². The molecule has 0 saturated heterocycles. The predicted molar refractivity (Wildman–Crippen MR) is 77.0 cm³/mol. The van der Waals surface area contributed by atoms with Gasteiger partial charge in [-0.15, -0.1) is 4.83 Å². The number of amides is 1. The standard InChI is InChI=1S/C13H15N3O4S/c1-3-20-13(17)15-16-21(18,19)12-9(2)6-7-11-10(12)5-4-8-14-11/h4-8,16H,3H2,1-2H3,(H,15,17). The maximum Gasteiger partial charge on any atom is 0.422 e. The lowest BCUT2D eigenvalue weighted by Gasteiger charge is -2.12. The molecule has 0 spiro atoms. The van der Waals surface area contributed by atoms with Crippen molar-refractivity contribution in [2.75, 3.05) is 6.61 Å². The van der Waals surface area contributed by atoms with Crippen LogP contribution in [0.1, 0.15) is 12.5 Å². The zero-order valence-corrected chi connectivity index (χ0v) is 12.4. The van der Waals surface area contributed by atoms with Gasteiger partial charge in [-0.25, -0.2) is 18.6 Å². The number of pyridine rings is 1. The molecule has 0 bridgehead atoms. The lowest BCUT2D eigenvalue weighted by Crippen LogP contribution is -2.42. The molecule has 0 saturated carbocycles. The number of carbonyl (C=O) groups excluding carboxylic acids is 1. The highest BCUT2D eigenvalue weighted by atomic mass is 32.2. The lowest BCUT2D eigenvalue weighted by molar-refractivity contribution is 0.150. The monoisotopic (exact) mass is 309 g/mol. The van der Waals surface area contributed by atoms with Crippen LogP contribution >= 0.6 is 0 Å². The number of aromatic nitrogens is 1. The number of hydrogen-bond acceptors (Lipinski definition) is 5. The van der Waals surface area contributed by atoms with Crippen LogP contribution in [-0.2, 0) is 14.8 Å². The average molecular weight is 309 g/mol. The quantitative estimate of drug-likeness (QED) is 0.834. The third-order valence-corrected chi connectivity index (χ3v) is 4.21. The molecule has 0 atom stereocenters. The third kappa shape index (κ3) is 3.29. The Hall–Kier alpha value is -2.19. The van der Waals surface area contributed by atoms with E-state index in [1.54, 1.807) is 44.3 Å².